The van der Waals surface area contributed by atoms with Gasteiger partial charge in [-0.05, 0) is 81.7 Å². The first-order valence-electron chi connectivity index (χ1n) is 15.6. The number of likely N-dealkylation sites (tertiary alicyclic amines) is 1. The number of hydrogen-bond acceptors (Lipinski definition) is 8. The van der Waals surface area contributed by atoms with Crippen molar-refractivity contribution < 1.29 is 14.3 Å². The third-order valence-electron chi connectivity index (χ3n) is 8.35. The predicted molar refractivity (Wildman–Crippen MR) is 182 cm³/mol. The zero-order chi connectivity index (χ0) is 31.9. The van der Waals surface area contributed by atoms with E-state index < -0.39 is 0 Å². The first-order chi connectivity index (χ1) is 22.5. The lowest BCUT2D eigenvalue weighted by Crippen LogP contribution is -2.35. The number of amides is 1. The third-order valence-corrected chi connectivity index (χ3v) is 8.64. The van der Waals surface area contributed by atoms with Crippen molar-refractivity contribution in [3.8, 4) is 17.6 Å². The second kappa shape index (κ2) is 14.6. The Bertz CT molecular complexity index is 1770. The van der Waals surface area contributed by atoms with Gasteiger partial charge in [0.15, 0.2) is 0 Å². The molecule has 0 spiro atoms. The number of aromatic nitrogens is 1. The molecule has 0 saturated carbocycles. The zero-order valence-electron chi connectivity index (χ0n) is 25.8. The number of piperidine rings is 2. The van der Waals surface area contributed by atoms with Crippen molar-refractivity contribution in [2.24, 2.45) is 0 Å². The van der Waals surface area contributed by atoms with Crippen LogP contribution in [0.2, 0.25) is 5.02 Å². The van der Waals surface area contributed by atoms with Crippen LogP contribution in [0.1, 0.15) is 36.8 Å². The average molecular weight is 637 g/mol. The minimum Gasteiger partial charge on any atom is -0.488 e. The van der Waals surface area contributed by atoms with Gasteiger partial charge in [-0.1, -0.05) is 47.5 Å². The lowest BCUT2D eigenvalue weighted by Gasteiger charge is -2.30. The second-order valence-electron chi connectivity index (χ2n) is 11.7. The van der Waals surface area contributed by atoms with E-state index in [9.17, 15) is 10.1 Å². The average Bonchev–Trinajstić information content (AvgIpc) is 3.07. The van der Waals surface area contributed by atoms with Crippen LogP contribution in [0.5, 0.6) is 11.5 Å². The van der Waals surface area contributed by atoms with Gasteiger partial charge in [0.25, 0.3) is 0 Å². The van der Waals surface area contributed by atoms with E-state index in [1.807, 2.05) is 48.5 Å². The Morgan fingerprint density at radius 1 is 1.09 bits per heavy atom. The van der Waals surface area contributed by atoms with E-state index in [0.717, 1.165) is 63.0 Å². The van der Waals surface area contributed by atoms with Crippen LogP contribution >= 0.6 is 11.6 Å². The smallest absolute Gasteiger partial charge is 0.248 e. The summed E-state index contributed by atoms with van der Waals surface area (Å²) in [6.07, 6.45) is 6.66. The van der Waals surface area contributed by atoms with Crippen molar-refractivity contribution in [1.29, 1.82) is 5.26 Å². The summed E-state index contributed by atoms with van der Waals surface area (Å²) in [5, 5.41) is 20.9. The summed E-state index contributed by atoms with van der Waals surface area (Å²) in [5.41, 5.74) is 4.74. The van der Waals surface area contributed by atoms with Crippen molar-refractivity contribution in [2.75, 3.05) is 43.9 Å². The summed E-state index contributed by atoms with van der Waals surface area (Å²) in [5.74, 6) is 0.890. The SMILES string of the molecule is CN1CCC(Oc2ccc3c(Nc4ccc(OCc5ccccc5)c(Cl)c4)c(C#N)cnc3c2NC(=O)C=C2CCNCC2)CC1. The van der Waals surface area contributed by atoms with Gasteiger partial charge in [-0.3, -0.25) is 9.78 Å². The Morgan fingerprint density at radius 3 is 2.59 bits per heavy atom. The molecule has 0 bridgehead atoms. The number of nitriles is 1. The van der Waals surface area contributed by atoms with Crippen LogP contribution < -0.4 is 25.4 Å². The number of nitrogens with one attached hydrogen (secondary N) is 3. The summed E-state index contributed by atoms with van der Waals surface area (Å²) in [6.45, 7) is 3.99. The zero-order valence-corrected chi connectivity index (χ0v) is 26.6. The van der Waals surface area contributed by atoms with Gasteiger partial charge < -0.3 is 30.3 Å². The standard InChI is InChI=1S/C36H37ClN6O3/c1-43-17-13-28(14-18-43)46-32-10-8-29-34(41-27-7-9-31(30(37)20-27)45-23-25-5-3-2-4-6-25)26(21-38)22-40-35(29)36(32)42-33(44)19-24-11-15-39-16-12-24/h2-10,19-20,22,28,39H,11-18,23H2,1H3,(H,40,41)(H,42,44). The number of fused-ring (bicyclic) bond motifs is 1. The number of benzene rings is 3. The van der Waals surface area contributed by atoms with Crippen LogP contribution in [0.15, 0.2) is 78.5 Å². The first kappa shape index (κ1) is 31.4. The number of carbonyl (C=O) groups excluding carboxylic acids is 1. The monoisotopic (exact) mass is 636 g/mol. The van der Waals surface area contributed by atoms with Gasteiger partial charge >= 0.3 is 0 Å². The van der Waals surface area contributed by atoms with Crippen LogP contribution in [0, 0.1) is 11.3 Å². The van der Waals surface area contributed by atoms with Crippen molar-refractivity contribution in [2.45, 2.75) is 38.4 Å². The molecule has 3 heterocycles. The summed E-state index contributed by atoms with van der Waals surface area (Å²) in [7, 11) is 2.11. The van der Waals surface area contributed by atoms with Crippen molar-refractivity contribution >= 4 is 45.5 Å². The van der Waals surface area contributed by atoms with Gasteiger partial charge in [0.1, 0.15) is 36.0 Å². The highest BCUT2D eigenvalue weighted by Gasteiger charge is 2.23. The van der Waals surface area contributed by atoms with Gasteiger partial charge in [-0.25, -0.2) is 0 Å². The van der Waals surface area contributed by atoms with Crippen molar-refractivity contribution in [1.82, 2.24) is 15.2 Å². The molecule has 46 heavy (non-hydrogen) atoms. The van der Waals surface area contributed by atoms with Gasteiger partial charge in [0.05, 0.1) is 21.8 Å². The molecular formula is C36H37ClN6O3. The number of rotatable bonds is 9. The molecule has 236 valence electrons. The van der Waals surface area contributed by atoms with Crippen LogP contribution in [0.4, 0.5) is 17.1 Å². The number of carbonyl (C=O) groups is 1. The lowest BCUT2D eigenvalue weighted by atomic mass is 10.0. The Balaban J connectivity index is 1.32. The Labute approximate surface area is 274 Å². The second-order valence-corrected chi connectivity index (χ2v) is 12.1. The van der Waals surface area contributed by atoms with Crippen molar-refractivity contribution in [3.63, 3.8) is 0 Å². The van der Waals surface area contributed by atoms with E-state index in [2.05, 4.69) is 39.0 Å². The minimum atomic E-state index is -0.226. The van der Waals surface area contributed by atoms with Crippen LogP contribution in [0.25, 0.3) is 10.9 Å². The molecule has 0 aliphatic carbocycles. The summed E-state index contributed by atoms with van der Waals surface area (Å²) < 4.78 is 12.4. The highest BCUT2D eigenvalue weighted by molar-refractivity contribution is 6.32. The molecule has 1 aromatic heterocycles. The molecule has 9 nitrogen and oxygen atoms in total. The quantitative estimate of drug-likeness (QED) is 0.172. The molecule has 2 fully saturated rings. The topological polar surface area (TPSA) is 112 Å². The maximum Gasteiger partial charge on any atom is 0.248 e. The number of hydrogen-bond donors (Lipinski definition) is 3. The summed E-state index contributed by atoms with van der Waals surface area (Å²) in [6, 6.07) is 21.3. The molecule has 3 aromatic carbocycles. The van der Waals surface area contributed by atoms with Gasteiger partial charge in [-0.2, -0.15) is 5.26 Å². The summed E-state index contributed by atoms with van der Waals surface area (Å²) in [4.78, 5) is 20.3. The molecule has 2 aliphatic rings. The number of ether oxygens (including phenoxy) is 2. The van der Waals surface area contributed by atoms with Crippen LogP contribution in [-0.2, 0) is 11.4 Å². The van der Waals surface area contributed by atoms with Crippen LogP contribution in [-0.4, -0.2) is 55.1 Å². The molecule has 0 unspecified atom stereocenters. The molecular weight excluding hydrogens is 600 g/mol. The van der Waals surface area contributed by atoms with Gasteiger partial charge in [0.2, 0.25) is 5.91 Å². The lowest BCUT2D eigenvalue weighted by molar-refractivity contribution is -0.112. The molecule has 3 N–H and O–H groups in total. The van der Waals surface area contributed by atoms with E-state index in [-0.39, 0.29) is 12.0 Å². The number of pyridine rings is 1. The predicted octanol–water partition coefficient (Wildman–Crippen LogP) is 6.80. The molecule has 0 atom stereocenters. The minimum absolute atomic E-state index is 0.0211. The van der Waals surface area contributed by atoms with E-state index >= 15 is 0 Å². The Morgan fingerprint density at radius 2 is 1.85 bits per heavy atom. The van der Waals surface area contributed by atoms with Crippen LogP contribution in [0.3, 0.4) is 0 Å². The highest BCUT2D eigenvalue weighted by Crippen LogP contribution is 2.39. The molecule has 1 amide bonds. The number of anilines is 3. The maximum absolute atomic E-state index is 13.3. The normalized spacial score (nSPS) is 15.6. The fraction of sp³-hybridized carbons (Fsp3) is 0.306. The van der Waals surface area contributed by atoms with Gasteiger partial charge in [-0.15, -0.1) is 0 Å². The largest absolute Gasteiger partial charge is 0.488 e. The number of halogens is 1. The van der Waals surface area contributed by atoms with E-state index in [1.54, 1.807) is 18.2 Å². The molecule has 2 saturated heterocycles. The maximum atomic E-state index is 13.3. The Hall–Kier alpha value is -4.62. The summed E-state index contributed by atoms with van der Waals surface area (Å²) >= 11 is 6.62. The molecule has 4 aromatic rings. The van der Waals surface area contributed by atoms with Crippen molar-refractivity contribution in [3.05, 3.63) is 94.7 Å². The molecule has 10 heteroatoms. The molecule has 6 rings (SSSR count). The first-order valence-corrected chi connectivity index (χ1v) is 16.0. The van der Waals surface area contributed by atoms with Gasteiger partial charge in [0, 0.05) is 36.4 Å². The highest BCUT2D eigenvalue weighted by atomic mass is 35.5. The van der Waals surface area contributed by atoms with E-state index in [4.69, 9.17) is 21.1 Å². The fourth-order valence-corrected chi connectivity index (χ4v) is 6.02. The molecule has 2 aliphatic heterocycles. The Kier molecular flexibility index (Phi) is 9.99. The molecule has 0 radical (unpaired) electrons. The third kappa shape index (κ3) is 7.60. The fourth-order valence-electron chi connectivity index (χ4n) is 5.78. The van der Waals surface area contributed by atoms with E-state index in [1.165, 1.54) is 6.20 Å². The number of nitrogens with zero attached hydrogens (tertiary/aromatic N) is 3. The van der Waals surface area contributed by atoms with E-state index in [0.29, 0.717) is 56.7 Å².